The van der Waals surface area contributed by atoms with Crippen LogP contribution < -0.4 is 8.92 Å². The molecule has 8 heteroatoms. The average molecular weight is 407 g/mol. The first-order valence-electron chi connectivity index (χ1n) is 8.74. The van der Waals surface area contributed by atoms with Gasteiger partial charge in [0.2, 0.25) is 5.88 Å². The van der Waals surface area contributed by atoms with Crippen LogP contribution in [0.15, 0.2) is 71.9 Å². The van der Waals surface area contributed by atoms with Gasteiger partial charge < -0.3 is 8.92 Å². The minimum atomic E-state index is -4.04. The van der Waals surface area contributed by atoms with Gasteiger partial charge in [0.25, 0.3) is 5.88 Å². The van der Waals surface area contributed by atoms with Crippen molar-refractivity contribution in [1.82, 2.24) is 15.0 Å². The van der Waals surface area contributed by atoms with Gasteiger partial charge >= 0.3 is 10.1 Å². The highest BCUT2D eigenvalue weighted by molar-refractivity contribution is 7.87. The molecule has 2 aromatic heterocycles. The number of nitrogens with zero attached hydrogens (tertiary/aromatic N) is 3. The SMILES string of the molecule is COc1ncc(-c2ccccc2)c2ncc(OS(=O)(=O)c3ccc(C)cc3)nc12. The fourth-order valence-electron chi connectivity index (χ4n) is 2.85. The maximum atomic E-state index is 12.6. The Kier molecular flexibility index (Phi) is 4.85. The summed E-state index contributed by atoms with van der Waals surface area (Å²) < 4.78 is 35.6. The maximum Gasteiger partial charge on any atom is 0.340 e. The quantitative estimate of drug-likeness (QED) is 0.465. The number of hydrogen-bond acceptors (Lipinski definition) is 7. The second-order valence-electron chi connectivity index (χ2n) is 6.30. The lowest BCUT2D eigenvalue weighted by molar-refractivity contribution is 0.401. The predicted molar refractivity (Wildman–Crippen MR) is 108 cm³/mol. The van der Waals surface area contributed by atoms with Gasteiger partial charge in [-0.3, -0.25) is 0 Å². The van der Waals surface area contributed by atoms with Gasteiger partial charge in [-0.2, -0.15) is 8.42 Å². The van der Waals surface area contributed by atoms with E-state index in [-0.39, 0.29) is 16.7 Å². The highest BCUT2D eigenvalue weighted by Crippen LogP contribution is 2.31. The molecule has 0 N–H and O–H groups in total. The Bertz CT molecular complexity index is 1270. The summed E-state index contributed by atoms with van der Waals surface area (Å²) in [5.41, 5.74) is 3.44. The summed E-state index contributed by atoms with van der Waals surface area (Å²) in [4.78, 5) is 13.0. The lowest BCUT2D eigenvalue weighted by atomic mass is 10.1. The summed E-state index contributed by atoms with van der Waals surface area (Å²) in [6.07, 6.45) is 2.93. The first kappa shape index (κ1) is 18.8. The van der Waals surface area contributed by atoms with E-state index in [1.54, 1.807) is 18.3 Å². The fourth-order valence-corrected chi connectivity index (χ4v) is 3.72. The number of aryl methyl sites for hydroxylation is 1. The molecule has 29 heavy (non-hydrogen) atoms. The van der Waals surface area contributed by atoms with Crippen molar-refractivity contribution in [2.75, 3.05) is 7.11 Å². The Hall–Kier alpha value is -3.52. The lowest BCUT2D eigenvalue weighted by Crippen LogP contribution is -2.11. The van der Waals surface area contributed by atoms with Crippen molar-refractivity contribution in [1.29, 1.82) is 0 Å². The van der Waals surface area contributed by atoms with Crippen molar-refractivity contribution in [2.45, 2.75) is 11.8 Å². The van der Waals surface area contributed by atoms with Gasteiger partial charge in [-0.1, -0.05) is 48.0 Å². The third-order valence-corrected chi connectivity index (χ3v) is 5.54. The first-order valence-corrected chi connectivity index (χ1v) is 10.1. The van der Waals surface area contributed by atoms with Gasteiger partial charge in [0.05, 0.1) is 13.3 Å². The van der Waals surface area contributed by atoms with Crippen LogP contribution >= 0.6 is 0 Å². The number of fused-ring (bicyclic) bond motifs is 1. The molecule has 0 bridgehead atoms. The van der Waals surface area contributed by atoms with Gasteiger partial charge in [-0.05, 0) is 24.6 Å². The normalized spacial score (nSPS) is 11.4. The van der Waals surface area contributed by atoms with E-state index in [2.05, 4.69) is 15.0 Å². The number of benzene rings is 2. The molecule has 0 spiro atoms. The molecule has 0 saturated carbocycles. The molecule has 0 fully saturated rings. The van der Waals surface area contributed by atoms with Crippen molar-refractivity contribution in [3.8, 4) is 22.9 Å². The van der Waals surface area contributed by atoms with E-state index in [1.807, 2.05) is 37.3 Å². The summed E-state index contributed by atoms with van der Waals surface area (Å²) in [6, 6.07) is 15.9. The molecular weight excluding hydrogens is 390 g/mol. The number of methoxy groups -OCH3 is 1. The largest absolute Gasteiger partial charge is 0.479 e. The molecule has 4 rings (SSSR count). The van der Waals surface area contributed by atoms with Gasteiger partial charge in [0.1, 0.15) is 10.4 Å². The average Bonchev–Trinajstić information content (AvgIpc) is 2.73. The molecule has 0 atom stereocenters. The van der Waals surface area contributed by atoms with Crippen molar-refractivity contribution in [2.24, 2.45) is 0 Å². The molecule has 7 nitrogen and oxygen atoms in total. The van der Waals surface area contributed by atoms with E-state index in [0.717, 1.165) is 16.7 Å². The van der Waals surface area contributed by atoms with Gasteiger partial charge in [-0.15, -0.1) is 0 Å². The molecule has 4 aromatic rings. The summed E-state index contributed by atoms with van der Waals surface area (Å²) in [5, 5.41) is 0. The van der Waals surface area contributed by atoms with Crippen molar-refractivity contribution >= 4 is 21.2 Å². The number of pyridine rings is 1. The topological polar surface area (TPSA) is 91.3 Å². The lowest BCUT2D eigenvalue weighted by Gasteiger charge is -2.10. The zero-order valence-corrected chi connectivity index (χ0v) is 16.6. The van der Waals surface area contributed by atoms with E-state index in [4.69, 9.17) is 8.92 Å². The van der Waals surface area contributed by atoms with Crippen LogP contribution in [0.5, 0.6) is 11.8 Å². The first-order chi connectivity index (χ1) is 14.0. The van der Waals surface area contributed by atoms with Crippen molar-refractivity contribution in [3.63, 3.8) is 0 Å². The number of rotatable bonds is 5. The highest BCUT2D eigenvalue weighted by Gasteiger charge is 2.20. The van der Waals surface area contributed by atoms with E-state index in [1.165, 1.54) is 25.4 Å². The van der Waals surface area contributed by atoms with E-state index in [0.29, 0.717) is 11.0 Å². The fraction of sp³-hybridized carbons (Fsp3) is 0.0952. The third kappa shape index (κ3) is 3.74. The monoisotopic (exact) mass is 407 g/mol. The van der Waals surface area contributed by atoms with Crippen LogP contribution in [-0.4, -0.2) is 30.5 Å². The van der Waals surface area contributed by atoms with Crippen LogP contribution in [0.25, 0.3) is 22.2 Å². The van der Waals surface area contributed by atoms with Crippen LogP contribution in [0.4, 0.5) is 0 Å². The number of aromatic nitrogens is 3. The van der Waals surface area contributed by atoms with Gasteiger partial charge in [0, 0.05) is 11.8 Å². The van der Waals surface area contributed by atoms with Gasteiger partial charge in [-0.25, -0.2) is 15.0 Å². The second kappa shape index (κ2) is 7.48. The molecule has 0 saturated heterocycles. The van der Waals surface area contributed by atoms with Crippen molar-refractivity contribution in [3.05, 3.63) is 72.6 Å². The molecule has 0 aliphatic heterocycles. The molecule has 0 radical (unpaired) electrons. The minimum absolute atomic E-state index is 0.0353. The molecule has 0 aliphatic rings. The standard InChI is InChI=1S/C21H17N3O4S/c1-14-8-10-16(11-9-14)29(25,26)28-18-13-22-19-17(15-6-4-3-5-7-15)12-23-21(27-2)20(19)24-18/h3-13H,1-2H3. The van der Waals surface area contributed by atoms with Crippen molar-refractivity contribution < 1.29 is 17.3 Å². The predicted octanol–water partition coefficient (Wildman–Crippen LogP) is 3.78. The molecule has 2 heterocycles. The minimum Gasteiger partial charge on any atom is -0.479 e. The summed E-state index contributed by atoms with van der Waals surface area (Å²) in [6.45, 7) is 1.87. The van der Waals surface area contributed by atoms with Crippen LogP contribution in [0.1, 0.15) is 5.56 Å². The molecule has 2 aromatic carbocycles. The van der Waals surface area contributed by atoms with E-state index in [9.17, 15) is 8.42 Å². The molecule has 0 amide bonds. The Balaban J connectivity index is 1.78. The maximum absolute atomic E-state index is 12.6. The number of ether oxygens (including phenoxy) is 1. The van der Waals surface area contributed by atoms with Gasteiger partial charge in [0.15, 0.2) is 5.52 Å². The number of hydrogen-bond donors (Lipinski definition) is 0. The summed E-state index contributed by atoms with van der Waals surface area (Å²) in [5.74, 6) is 0.0637. The zero-order chi connectivity index (χ0) is 20.4. The molecular formula is C21H17N3O4S. The summed E-state index contributed by atoms with van der Waals surface area (Å²) in [7, 11) is -2.58. The smallest absolute Gasteiger partial charge is 0.340 e. The molecule has 146 valence electrons. The zero-order valence-electron chi connectivity index (χ0n) is 15.7. The second-order valence-corrected chi connectivity index (χ2v) is 7.85. The van der Waals surface area contributed by atoms with Crippen LogP contribution in [-0.2, 0) is 10.1 Å². The van der Waals surface area contributed by atoms with Crippen LogP contribution in [0.2, 0.25) is 0 Å². The van der Waals surface area contributed by atoms with Crippen LogP contribution in [0, 0.1) is 6.92 Å². The van der Waals surface area contributed by atoms with Crippen LogP contribution in [0.3, 0.4) is 0 Å². The summed E-state index contributed by atoms with van der Waals surface area (Å²) >= 11 is 0. The van der Waals surface area contributed by atoms with E-state index >= 15 is 0 Å². The third-order valence-electron chi connectivity index (χ3n) is 4.30. The Morgan fingerprint density at radius 3 is 2.28 bits per heavy atom. The molecule has 0 unspecified atom stereocenters. The molecule has 0 aliphatic carbocycles. The Labute approximate surface area is 168 Å². The van der Waals surface area contributed by atoms with E-state index < -0.39 is 10.1 Å². The Morgan fingerprint density at radius 1 is 0.862 bits per heavy atom. The highest BCUT2D eigenvalue weighted by atomic mass is 32.2. The Morgan fingerprint density at radius 2 is 1.59 bits per heavy atom.